The van der Waals surface area contributed by atoms with Gasteiger partial charge in [-0.15, -0.1) is 0 Å². The zero-order chi connectivity index (χ0) is 17.5. The monoisotopic (exact) mass is 351 g/mol. The van der Waals surface area contributed by atoms with E-state index in [4.69, 9.17) is 11.6 Å². The van der Waals surface area contributed by atoms with Crippen molar-refractivity contribution in [2.24, 2.45) is 5.92 Å². The van der Waals surface area contributed by atoms with Gasteiger partial charge in [-0.05, 0) is 18.1 Å². The summed E-state index contributed by atoms with van der Waals surface area (Å²) in [5.74, 6) is 0.589. The van der Waals surface area contributed by atoms with Crippen molar-refractivity contribution in [3.63, 3.8) is 0 Å². The third-order valence-electron chi connectivity index (χ3n) is 4.11. The molecular formula is C18H26ClN3O2. The van der Waals surface area contributed by atoms with E-state index in [1.165, 1.54) is 0 Å². The van der Waals surface area contributed by atoms with Gasteiger partial charge in [-0.1, -0.05) is 37.6 Å². The lowest BCUT2D eigenvalue weighted by Gasteiger charge is -2.35. The minimum absolute atomic E-state index is 0.0404. The highest BCUT2D eigenvalue weighted by Gasteiger charge is 2.21. The van der Waals surface area contributed by atoms with Gasteiger partial charge in [0, 0.05) is 45.6 Å². The number of carbonyl (C=O) groups excluding carboxylic acids is 2. The lowest BCUT2D eigenvalue weighted by Crippen LogP contribution is -2.49. The van der Waals surface area contributed by atoms with Crippen LogP contribution in [-0.4, -0.2) is 54.3 Å². The molecule has 1 aliphatic heterocycles. The van der Waals surface area contributed by atoms with Crippen molar-refractivity contribution in [1.82, 2.24) is 9.80 Å². The van der Waals surface area contributed by atoms with E-state index >= 15 is 0 Å². The van der Waals surface area contributed by atoms with Gasteiger partial charge in [0.25, 0.3) is 0 Å². The normalized spacial score (nSPS) is 15.6. The van der Waals surface area contributed by atoms with Gasteiger partial charge in [0.1, 0.15) is 0 Å². The van der Waals surface area contributed by atoms with Crippen LogP contribution < -0.4 is 5.32 Å². The maximum Gasteiger partial charge on any atom is 0.225 e. The van der Waals surface area contributed by atoms with E-state index in [2.05, 4.69) is 24.1 Å². The number of hydrogen-bond donors (Lipinski definition) is 1. The number of halogens is 1. The smallest absolute Gasteiger partial charge is 0.225 e. The molecule has 1 N–H and O–H groups in total. The molecule has 6 heteroatoms. The molecule has 24 heavy (non-hydrogen) atoms. The Labute approximate surface area is 149 Å². The molecule has 1 aliphatic rings. The summed E-state index contributed by atoms with van der Waals surface area (Å²) >= 11 is 6.04. The average molecular weight is 352 g/mol. The molecule has 0 radical (unpaired) electrons. The van der Waals surface area contributed by atoms with Gasteiger partial charge in [-0.25, -0.2) is 0 Å². The van der Waals surface area contributed by atoms with E-state index < -0.39 is 0 Å². The van der Waals surface area contributed by atoms with E-state index in [-0.39, 0.29) is 11.8 Å². The fraction of sp³-hybridized carbons (Fsp3) is 0.556. The van der Waals surface area contributed by atoms with Crippen LogP contribution in [0.15, 0.2) is 24.3 Å². The molecule has 1 aromatic carbocycles. The summed E-state index contributed by atoms with van der Waals surface area (Å²) < 4.78 is 0. The third kappa shape index (κ3) is 5.80. The van der Waals surface area contributed by atoms with Gasteiger partial charge in [-0.2, -0.15) is 0 Å². The number of benzene rings is 1. The molecular weight excluding hydrogens is 326 g/mol. The van der Waals surface area contributed by atoms with Crippen molar-refractivity contribution in [3.8, 4) is 0 Å². The summed E-state index contributed by atoms with van der Waals surface area (Å²) in [4.78, 5) is 28.2. The van der Waals surface area contributed by atoms with Crippen LogP contribution in [0.25, 0.3) is 0 Å². The molecule has 1 saturated heterocycles. The number of amides is 2. The number of nitrogens with zero attached hydrogens (tertiary/aromatic N) is 2. The first kappa shape index (κ1) is 18.7. The topological polar surface area (TPSA) is 52.7 Å². The fourth-order valence-corrected chi connectivity index (χ4v) is 2.92. The summed E-state index contributed by atoms with van der Waals surface area (Å²) in [6.45, 7) is 7.96. The molecule has 2 rings (SSSR count). The number of anilines is 1. The number of rotatable bonds is 6. The summed E-state index contributed by atoms with van der Waals surface area (Å²) in [6.07, 6.45) is 1.03. The van der Waals surface area contributed by atoms with Gasteiger partial charge >= 0.3 is 0 Å². The predicted molar refractivity (Wildman–Crippen MR) is 97.2 cm³/mol. The molecule has 1 heterocycles. The second kappa shape index (κ2) is 9.04. The fourth-order valence-electron chi connectivity index (χ4n) is 2.73. The molecule has 0 unspecified atom stereocenters. The van der Waals surface area contributed by atoms with Crippen LogP contribution >= 0.6 is 11.6 Å². The van der Waals surface area contributed by atoms with Crippen LogP contribution in [0.5, 0.6) is 0 Å². The Bertz CT molecular complexity index is 569. The summed E-state index contributed by atoms with van der Waals surface area (Å²) in [5.41, 5.74) is 0.647. The van der Waals surface area contributed by atoms with Crippen LogP contribution in [-0.2, 0) is 9.59 Å². The highest BCUT2D eigenvalue weighted by Crippen LogP contribution is 2.20. The van der Waals surface area contributed by atoms with E-state index in [9.17, 15) is 9.59 Å². The zero-order valence-electron chi connectivity index (χ0n) is 14.4. The molecule has 5 nitrogen and oxygen atoms in total. The molecule has 0 atom stereocenters. The highest BCUT2D eigenvalue weighted by molar-refractivity contribution is 6.33. The molecule has 132 valence electrons. The van der Waals surface area contributed by atoms with Crippen LogP contribution in [0, 0.1) is 5.92 Å². The Morgan fingerprint density at radius 2 is 1.83 bits per heavy atom. The minimum Gasteiger partial charge on any atom is -0.340 e. The molecule has 0 spiro atoms. The average Bonchev–Trinajstić information content (AvgIpc) is 2.55. The third-order valence-corrected chi connectivity index (χ3v) is 4.44. The van der Waals surface area contributed by atoms with Gasteiger partial charge < -0.3 is 10.2 Å². The maximum atomic E-state index is 12.0. The molecule has 0 aromatic heterocycles. The van der Waals surface area contributed by atoms with Crippen LogP contribution in [0.2, 0.25) is 5.02 Å². The Balaban J connectivity index is 1.70. The number of nitrogens with one attached hydrogen (secondary N) is 1. The lowest BCUT2D eigenvalue weighted by molar-refractivity contribution is -0.134. The first-order valence-electron chi connectivity index (χ1n) is 8.50. The molecule has 1 fully saturated rings. The van der Waals surface area contributed by atoms with E-state index in [0.29, 0.717) is 36.0 Å². The van der Waals surface area contributed by atoms with E-state index in [1.54, 1.807) is 12.1 Å². The van der Waals surface area contributed by atoms with Crippen molar-refractivity contribution >= 4 is 29.1 Å². The first-order chi connectivity index (χ1) is 11.5. The highest BCUT2D eigenvalue weighted by atomic mass is 35.5. The van der Waals surface area contributed by atoms with Gasteiger partial charge in [0.15, 0.2) is 0 Å². The van der Waals surface area contributed by atoms with Crippen molar-refractivity contribution in [2.45, 2.75) is 26.7 Å². The van der Waals surface area contributed by atoms with Crippen molar-refractivity contribution in [3.05, 3.63) is 29.3 Å². The number of hydrogen-bond acceptors (Lipinski definition) is 3. The first-order valence-corrected chi connectivity index (χ1v) is 8.88. The molecule has 2 amide bonds. The summed E-state index contributed by atoms with van der Waals surface area (Å²) in [6, 6.07) is 7.22. The van der Waals surface area contributed by atoms with Gasteiger partial charge in [-0.3, -0.25) is 14.5 Å². The predicted octanol–water partition coefficient (Wildman–Crippen LogP) is 2.86. The molecule has 0 saturated carbocycles. The SMILES string of the molecule is CC(C)CC(=O)N1CCN(CCC(=O)Nc2ccccc2Cl)CC1. The number of carbonyl (C=O) groups is 2. The van der Waals surface area contributed by atoms with Crippen LogP contribution in [0.1, 0.15) is 26.7 Å². The standard InChI is InChI=1S/C18H26ClN3O2/c1-14(2)13-18(24)22-11-9-21(10-12-22)8-7-17(23)20-16-6-4-3-5-15(16)19/h3-6,14H,7-13H2,1-2H3,(H,20,23). The lowest BCUT2D eigenvalue weighted by atomic mass is 10.1. The van der Waals surface area contributed by atoms with Gasteiger partial charge in [0.2, 0.25) is 11.8 Å². The molecule has 1 aromatic rings. The molecule has 0 aliphatic carbocycles. The summed E-state index contributed by atoms with van der Waals surface area (Å²) in [5, 5.41) is 3.38. The Kier molecular flexibility index (Phi) is 7.06. The van der Waals surface area contributed by atoms with Crippen molar-refractivity contribution in [2.75, 3.05) is 38.0 Å². The maximum absolute atomic E-state index is 12.0. The minimum atomic E-state index is -0.0404. The van der Waals surface area contributed by atoms with Crippen molar-refractivity contribution in [1.29, 1.82) is 0 Å². The quantitative estimate of drug-likeness (QED) is 0.857. The summed E-state index contributed by atoms with van der Waals surface area (Å²) in [7, 11) is 0. The zero-order valence-corrected chi connectivity index (χ0v) is 15.2. The molecule has 0 bridgehead atoms. The Hall–Kier alpha value is -1.59. The number of para-hydroxylation sites is 1. The van der Waals surface area contributed by atoms with E-state index in [1.807, 2.05) is 17.0 Å². The van der Waals surface area contributed by atoms with E-state index in [0.717, 1.165) is 26.2 Å². The van der Waals surface area contributed by atoms with Gasteiger partial charge in [0.05, 0.1) is 10.7 Å². The Morgan fingerprint density at radius 1 is 1.17 bits per heavy atom. The largest absolute Gasteiger partial charge is 0.340 e. The second-order valence-corrected chi connectivity index (χ2v) is 7.01. The number of piperazine rings is 1. The van der Waals surface area contributed by atoms with Crippen LogP contribution in [0.3, 0.4) is 0 Å². The second-order valence-electron chi connectivity index (χ2n) is 6.60. The van der Waals surface area contributed by atoms with Crippen molar-refractivity contribution < 1.29 is 9.59 Å². The van der Waals surface area contributed by atoms with Crippen LogP contribution in [0.4, 0.5) is 5.69 Å². The Morgan fingerprint density at radius 3 is 2.46 bits per heavy atom.